The first-order chi connectivity index (χ1) is 8.66. The molecule has 18 heavy (non-hydrogen) atoms. The number of hydrogen-bond acceptors (Lipinski definition) is 1. The van der Waals surface area contributed by atoms with E-state index in [1.54, 1.807) is 12.1 Å². The second-order valence-corrected chi connectivity index (χ2v) is 5.03. The van der Waals surface area contributed by atoms with Crippen LogP contribution in [0.2, 0.25) is 0 Å². The summed E-state index contributed by atoms with van der Waals surface area (Å²) < 4.78 is 0.968. The second-order valence-electron chi connectivity index (χ2n) is 4.11. The summed E-state index contributed by atoms with van der Waals surface area (Å²) >= 11 is 3.35. The summed E-state index contributed by atoms with van der Waals surface area (Å²) in [6, 6.07) is 17.3. The number of amides is 1. The zero-order valence-corrected chi connectivity index (χ0v) is 11.6. The summed E-state index contributed by atoms with van der Waals surface area (Å²) in [7, 11) is 0. The Labute approximate surface area is 115 Å². The highest BCUT2D eigenvalue weighted by Gasteiger charge is 2.10. The SMILES string of the molecule is C[C@@H](NC(=O)c1ccc(Br)cc1)c1ccccc1. The molecule has 0 spiro atoms. The van der Waals surface area contributed by atoms with Crippen LogP contribution < -0.4 is 5.32 Å². The van der Waals surface area contributed by atoms with E-state index in [0.717, 1.165) is 10.0 Å². The van der Waals surface area contributed by atoms with E-state index in [2.05, 4.69) is 21.2 Å². The van der Waals surface area contributed by atoms with Crippen molar-refractivity contribution in [2.45, 2.75) is 13.0 Å². The third-order valence-corrected chi connectivity index (χ3v) is 3.28. The number of hydrogen-bond donors (Lipinski definition) is 1. The summed E-state index contributed by atoms with van der Waals surface area (Å²) in [5.41, 5.74) is 1.77. The Balaban J connectivity index is 2.06. The van der Waals surface area contributed by atoms with Crippen molar-refractivity contribution in [1.82, 2.24) is 5.32 Å². The van der Waals surface area contributed by atoms with Gasteiger partial charge in [-0.15, -0.1) is 0 Å². The average Bonchev–Trinajstić information content (AvgIpc) is 2.40. The molecule has 0 bridgehead atoms. The number of carbonyl (C=O) groups is 1. The van der Waals surface area contributed by atoms with Gasteiger partial charge in [0.2, 0.25) is 0 Å². The average molecular weight is 304 g/mol. The number of benzene rings is 2. The molecule has 0 aliphatic rings. The van der Waals surface area contributed by atoms with Gasteiger partial charge in [0.15, 0.2) is 0 Å². The standard InChI is InChI=1S/C15H14BrNO/c1-11(12-5-3-2-4-6-12)17-15(18)13-7-9-14(16)10-8-13/h2-11H,1H3,(H,17,18)/t11-/m1/s1. The van der Waals surface area contributed by atoms with Gasteiger partial charge in [0.05, 0.1) is 6.04 Å². The van der Waals surface area contributed by atoms with Gasteiger partial charge in [-0.25, -0.2) is 0 Å². The monoisotopic (exact) mass is 303 g/mol. The smallest absolute Gasteiger partial charge is 0.251 e. The largest absolute Gasteiger partial charge is 0.346 e. The van der Waals surface area contributed by atoms with E-state index in [4.69, 9.17) is 0 Å². The van der Waals surface area contributed by atoms with Gasteiger partial charge in [0.25, 0.3) is 5.91 Å². The maximum absolute atomic E-state index is 12.0. The van der Waals surface area contributed by atoms with E-state index in [-0.39, 0.29) is 11.9 Å². The molecule has 1 N–H and O–H groups in total. The predicted octanol–water partition coefficient (Wildman–Crippen LogP) is 3.94. The molecular formula is C15H14BrNO. The third-order valence-electron chi connectivity index (χ3n) is 2.75. The Hall–Kier alpha value is -1.61. The van der Waals surface area contributed by atoms with Gasteiger partial charge >= 0.3 is 0 Å². The fraction of sp³-hybridized carbons (Fsp3) is 0.133. The molecule has 2 nitrogen and oxygen atoms in total. The van der Waals surface area contributed by atoms with Crippen molar-refractivity contribution in [2.75, 3.05) is 0 Å². The minimum atomic E-state index is -0.0566. The zero-order valence-electron chi connectivity index (χ0n) is 10.1. The van der Waals surface area contributed by atoms with Crippen LogP contribution in [0.4, 0.5) is 0 Å². The van der Waals surface area contributed by atoms with Crippen molar-refractivity contribution in [3.63, 3.8) is 0 Å². The van der Waals surface area contributed by atoms with Crippen LogP contribution in [0.1, 0.15) is 28.9 Å². The molecule has 2 aromatic carbocycles. The second kappa shape index (κ2) is 5.83. The first-order valence-corrected chi connectivity index (χ1v) is 6.57. The molecule has 0 fully saturated rings. The maximum Gasteiger partial charge on any atom is 0.251 e. The van der Waals surface area contributed by atoms with Crippen molar-refractivity contribution in [3.8, 4) is 0 Å². The molecule has 1 atom stereocenters. The lowest BCUT2D eigenvalue weighted by molar-refractivity contribution is 0.0940. The van der Waals surface area contributed by atoms with E-state index >= 15 is 0 Å². The lowest BCUT2D eigenvalue weighted by atomic mass is 10.1. The molecule has 2 aromatic rings. The summed E-state index contributed by atoms with van der Waals surface area (Å²) in [6.07, 6.45) is 0. The number of rotatable bonds is 3. The van der Waals surface area contributed by atoms with E-state index in [0.29, 0.717) is 5.56 Å². The van der Waals surface area contributed by atoms with E-state index < -0.39 is 0 Å². The Morgan fingerprint density at radius 1 is 1.06 bits per heavy atom. The minimum absolute atomic E-state index is 0.00217. The topological polar surface area (TPSA) is 29.1 Å². The molecule has 92 valence electrons. The normalized spacial score (nSPS) is 11.9. The van der Waals surface area contributed by atoms with Crippen molar-refractivity contribution >= 4 is 21.8 Å². The van der Waals surface area contributed by atoms with Gasteiger partial charge in [-0.3, -0.25) is 4.79 Å². The molecule has 2 rings (SSSR count). The van der Waals surface area contributed by atoms with Crippen LogP contribution >= 0.6 is 15.9 Å². The Morgan fingerprint density at radius 2 is 1.67 bits per heavy atom. The number of nitrogens with one attached hydrogen (secondary N) is 1. The first kappa shape index (κ1) is 12.8. The molecule has 0 heterocycles. The van der Waals surface area contributed by atoms with Gasteiger partial charge in [-0.1, -0.05) is 46.3 Å². The van der Waals surface area contributed by atoms with Gasteiger partial charge in [0.1, 0.15) is 0 Å². The summed E-state index contributed by atoms with van der Waals surface area (Å²) in [6.45, 7) is 1.98. The highest BCUT2D eigenvalue weighted by molar-refractivity contribution is 9.10. The molecule has 0 aliphatic heterocycles. The summed E-state index contributed by atoms with van der Waals surface area (Å²) in [5.74, 6) is -0.0566. The van der Waals surface area contributed by atoms with Gasteiger partial charge < -0.3 is 5.32 Å². The number of halogens is 1. The quantitative estimate of drug-likeness (QED) is 0.914. The number of carbonyl (C=O) groups excluding carboxylic acids is 1. The maximum atomic E-state index is 12.0. The highest BCUT2D eigenvalue weighted by atomic mass is 79.9. The van der Waals surface area contributed by atoms with E-state index in [1.807, 2.05) is 49.4 Å². The lowest BCUT2D eigenvalue weighted by Gasteiger charge is -2.14. The van der Waals surface area contributed by atoms with Gasteiger partial charge in [-0.05, 0) is 36.8 Å². The van der Waals surface area contributed by atoms with Crippen molar-refractivity contribution < 1.29 is 4.79 Å². The molecule has 0 radical (unpaired) electrons. The molecular weight excluding hydrogens is 290 g/mol. The highest BCUT2D eigenvalue weighted by Crippen LogP contribution is 2.14. The van der Waals surface area contributed by atoms with Crippen molar-refractivity contribution in [2.24, 2.45) is 0 Å². The Bertz CT molecular complexity index is 522. The van der Waals surface area contributed by atoms with E-state index in [9.17, 15) is 4.79 Å². The molecule has 0 unspecified atom stereocenters. The summed E-state index contributed by atoms with van der Waals surface area (Å²) in [5, 5.41) is 2.98. The minimum Gasteiger partial charge on any atom is -0.346 e. The summed E-state index contributed by atoms with van der Waals surface area (Å²) in [4.78, 5) is 12.0. The molecule has 0 aromatic heterocycles. The third kappa shape index (κ3) is 3.20. The van der Waals surface area contributed by atoms with Crippen LogP contribution in [0.3, 0.4) is 0 Å². The molecule has 0 aliphatic carbocycles. The zero-order chi connectivity index (χ0) is 13.0. The van der Waals surface area contributed by atoms with Crippen LogP contribution in [-0.4, -0.2) is 5.91 Å². The van der Waals surface area contributed by atoms with Crippen LogP contribution in [0.15, 0.2) is 59.1 Å². The van der Waals surface area contributed by atoms with Crippen LogP contribution in [0.25, 0.3) is 0 Å². The fourth-order valence-electron chi connectivity index (χ4n) is 1.71. The molecule has 3 heteroatoms. The van der Waals surface area contributed by atoms with E-state index in [1.165, 1.54) is 0 Å². The predicted molar refractivity (Wildman–Crippen MR) is 76.5 cm³/mol. The van der Waals surface area contributed by atoms with Crippen molar-refractivity contribution in [3.05, 3.63) is 70.2 Å². The Morgan fingerprint density at radius 3 is 2.28 bits per heavy atom. The van der Waals surface area contributed by atoms with Gasteiger partial charge in [0, 0.05) is 10.0 Å². The van der Waals surface area contributed by atoms with Crippen LogP contribution in [-0.2, 0) is 0 Å². The molecule has 1 amide bonds. The molecule has 0 saturated carbocycles. The van der Waals surface area contributed by atoms with Crippen molar-refractivity contribution in [1.29, 1.82) is 0 Å². The lowest BCUT2D eigenvalue weighted by Crippen LogP contribution is -2.26. The molecule has 0 saturated heterocycles. The van der Waals surface area contributed by atoms with Gasteiger partial charge in [-0.2, -0.15) is 0 Å². The fourth-order valence-corrected chi connectivity index (χ4v) is 1.97. The Kier molecular flexibility index (Phi) is 4.15. The van der Waals surface area contributed by atoms with Crippen LogP contribution in [0.5, 0.6) is 0 Å². The van der Waals surface area contributed by atoms with Crippen LogP contribution in [0, 0.1) is 0 Å². The first-order valence-electron chi connectivity index (χ1n) is 5.78.